The minimum Gasteiger partial charge on any atom is -0.340 e. The molecule has 30 heavy (non-hydrogen) atoms. The molecule has 0 aliphatic rings. The van der Waals surface area contributed by atoms with Crippen molar-refractivity contribution < 1.29 is 0 Å². The first kappa shape index (κ1) is 21.6. The van der Waals surface area contributed by atoms with E-state index in [9.17, 15) is 0 Å². The zero-order valence-electron chi connectivity index (χ0n) is 18.7. The van der Waals surface area contributed by atoms with Gasteiger partial charge in [-0.15, -0.1) is 0 Å². The molecular weight excluding hydrogens is 368 g/mol. The minimum absolute atomic E-state index is 0.719. The highest BCUT2D eigenvalue weighted by molar-refractivity contribution is 5.91. The molecule has 1 aromatic heterocycles. The summed E-state index contributed by atoms with van der Waals surface area (Å²) in [5, 5.41) is 4.49. The van der Waals surface area contributed by atoms with Crippen LogP contribution in [-0.4, -0.2) is 23.6 Å². The lowest BCUT2D eigenvalue weighted by molar-refractivity contribution is 0.919. The van der Waals surface area contributed by atoms with Crippen molar-refractivity contribution in [2.24, 2.45) is 0 Å². The number of rotatable bonds is 8. The number of para-hydroxylation sites is 1. The van der Waals surface area contributed by atoms with Crippen LogP contribution in [0.4, 0.5) is 17.5 Å². The van der Waals surface area contributed by atoms with Crippen LogP contribution >= 0.6 is 0 Å². The summed E-state index contributed by atoms with van der Waals surface area (Å²) < 4.78 is 0. The van der Waals surface area contributed by atoms with Crippen LogP contribution in [0, 0.1) is 6.92 Å². The van der Waals surface area contributed by atoms with E-state index in [0.29, 0.717) is 0 Å². The summed E-state index contributed by atoms with van der Waals surface area (Å²) in [5.74, 6) is 1.55. The molecule has 0 unspecified atom stereocenters. The molecule has 0 spiro atoms. The summed E-state index contributed by atoms with van der Waals surface area (Å²) >= 11 is 0. The minimum atomic E-state index is 0.719. The van der Waals surface area contributed by atoms with E-state index in [0.717, 1.165) is 47.7 Å². The van der Waals surface area contributed by atoms with Gasteiger partial charge in [0.15, 0.2) is 0 Å². The Balaban J connectivity index is 1.81. The van der Waals surface area contributed by atoms with Gasteiger partial charge in [0.2, 0.25) is 5.95 Å². The number of allylic oxidation sites excluding steroid dienone is 3. The van der Waals surface area contributed by atoms with Crippen LogP contribution in [-0.2, 0) is 0 Å². The number of aryl methyl sites for hydroxylation is 1. The van der Waals surface area contributed by atoms with E-state index in [2.05, 4.69) is 80.4 Å². The summed E-state index contributed by atoms with van der Waals surface area (Å²) in [4.78, 5) is 11.7. The predicted octanol–water partition coefficient (Wildman–Crippen LogP) is 6.81. The Morgan fingerprint density at radius 3 is 2.43 bits per heavy atom. The quantitative estimate of drug-likeness (QED) is 0.422. The van der Waals surface area contributed by atoms with E-state index in [-0.39, 0.29) is 0 Å². The number of benzene rings is 2. The maximum absolute atomic E-state index is 4.85. The molecule has 0 amide bonds. The highest BCUT2D eigenvalue weighted by atomic mass is 15.2. The van der Waals surface area contributed by atoms with Crippen molar-refractivity contribution in [3.05, 3.63) is 77.4 Å². The first-order chi connectivity index (χ1) is 14.4. The molecule has 0 aliphatic carbocycles. The summed E-state index contributed by atoms with van der Waals surface area (Å²) in [6.07, 6.45) is 6.73. The third kappa shape index (κ3) is 5.93. The topological polar surface area (TPSA) is 41.1 Å². The number of fused-ring (bicyclic) bond motifs is 1. The highest BCUT2D eigenvalue weighted by Crippen LogP contribution is 2.26. The van der Waals surface area contributed by atoms with E-state index in [4.69, 9.17) is 9.97 Å². The highest BCUT2D eigenvalue weighted by Gasteiger charge is 2.11. The van der Waals surface area contributed by atoms with E-state index in [1.165, 1.54) is 16.7 Å². The van der Waals surface area contributed by atoms with Crippen molar-refractivity contribution in [2.45, 2.75) is 40.5 Å². The molecule has 0 atom stereocenters. The first-order valence-electron chi connectivity index (χ1n) is 10.5. The fourth-order valence-electron chi connectivity index (χ4n) is 3.17. The Kier molecular flexibility index (Phi) is 7.23. The summed E-state index contributed by atoms with van der Waals surface area (Å²) in [6, 6.07) is 16.5. The lowest BCUT2D eigenvalue weighted by Gasteiger charge is -2.18. The summed E-state index contributed by atoms with van der Waals surface area (Å²) in [7, 11) is 2.04. The standard InChI is InChI=1S/C26H32N4/c1-19(2)9-8-10-20(3)17-18-30(5)26-28-24-12-7-6-11-23(24)25(29-26)27-22-15-13-21(4)14-16-22/h6-7,9,11-17H,8,10,18H2,1-5H3,(H,27,28,29). The number of anilines is 3. The van der Waals surface area contributed by atoms with Gasteiger partial charge in [-0.1, -0.05) is 53.1 Å². The van der Waals surface area contributed by atoms with Crippen LogP contribution in [0.1, 0.15) is 39.2 Å². The number of likely N-dealkylation sites (N-methyl/N-ethyl adjacent to an activating group) is 1. The second kappa shape index (κ2) is 10.1. The molecule has 0 saturated heterocycles. The number of hydrogen-bond donors (Lipinski definition) is 1. The van der Waals surface area contributed by atoms with Gasteiger partial charge in [0.25, 0.3) is 0 Å². The summed E-state index contributed by atoms with van der Waals surface area (Å²) in [5.41, 5.74) is 5.96. The lowest BCUT2D eigenvalue weighted by atomic mass is 10.1. The van der Waals surface area contributed by atoms with Crippen molar-refractivity contribution in [3.8, 4) is 0 Å². The molecule has 156 valence electrons. The molecule has 0 bridgehead atoms. The number of hydrogen-bond acceptors (Lipinski definition) is 4. The maximum atomic E-state index is 4.85. The largest absolute Gasteiger partial charge is 0.340 e. The van der Waals surface area contributed by atoms with Gasteiger partial charge in [-0.3, -0.25) is 0 Å². The molecule has 2 aromatic carbocycles. The molecule has 4 nitrogen and oxygen atoms in total. The normalized spacial score (nSPS) is 11.4. The third-order valence-electron chi connectivity index (χ3n) is 5.05. The Morgan fingerprint density at radius 2 is 1.70 bits per heavy atom. The van der Waals surface area contributed by atoms with Gasteiger partial charge < -0.3 is 10.2 Å². The van der Waals surface area contributed by atoms with Crippen LogP contribution in [0.15, 0.2) is 71.8 Å². The van der Waals surface area contributed by atoms with E-state index >= 15 is 0 Å². The van der Waals surface area contributed by atoms with Gasteiger partial charge in [-0.2, -0.15) is 4.98 Å². The van der Waals surface area contributed by atoms with Crippen molar-refractivity contribution in [3.63, 3.8) is 0 Å². The average Bonchev–Trinajstić information content (AvgIpc) is 2.73. The zero-order valence-corrected chi connectivity index (χ0v) is 18.7. The second-order valence-corrected chi connectivity index (χ2v) is 8.13. The fraction of sp³-hybridized carbons (Fsp3) is 0.308. The maximum Gasteiger partial charge on any atom is 0.227 e. The van der Waals surface area contributed by atoms with Crippen LogP contribution in [0.5, 0.6) is 0 Å². The van der Waals surface area contributed by atoms with Gasteiger partial charge in [0.1, 0.15) is 5.82 Å². The van der Waals surface area contributed by atoms with Crippen molar-refractivity contribution in [2.75, 3.05) is 23.8 Å². The monoisotopic (exact) mass is 400 g/mol. The molecule has 3 aromatic rings. The van der Waals surface area contributed by atoms with Crippen molar-refractivity contribution in [1.29, 1.82) is 0 Å². The first-order valence-corrected chi connectivity index (χ1v) is 10.5. The number of nitrogens with one attached hydrogen (secondary N) is 1. The second-order valence-electron chi connectivity index (χ2n) is 8.13. The molecule has 0 fully saturated rings. The SMILES string of the molecule is CC(C)=CCCC(C)=CCN(C)c1nc(Nc2ccc(C)cc2)c2ccccc2n1. The van der Waals surface area contributed by atoms with E-state index in [1.54, 1.807) is 0 Å². The van der Waals surface area contributed by atoms with Crippen LogP contribution in [0.25, 0.3) is 10.9 Å². The van der Waals surface area contributed by atoms with Gasteiger partial charge >= 0.3 is 0 Å². The van der Waals surface area contributed by atoms with Crippen LogP contribution in [0.3, 0.4) is 0 Å². The zero-order chi connectivity index (χ0) is 21.5. The smallest absolute Gasteiger partial charge is 0.227 e. The molecule has 0 saturated carbocycles. The number of nitrogens with zero attached hydrogens (tertiary/aromatic N) is 3. The number of aromatic nitrogens is 2. The van der Waals surface area contributed by atoms with Crippen LogP contribution < -0.4 is 10.2 Å². The fourth-order valence-corrected chi connectivity index (χ4v) is 3.17. The molecular formula is C26H32N4. The van der Waals surface area contributed by atoms with E-state index in [1.807, 2.05) is 25.2 Å². The van der Waals surface area contributed by atoms with Crippen LogP contribution in [0.2, 0.25) is 0 Å². The molecule has 3 rings (SSSR count). The molecule has 0 radical (unpaired) electrons. The Bertz CT molecular complexity index is 1040. The Labute approximate surface area is 180 Å². The third-order valence-corrected chi connectivity index (χ3v) is 5.05. The lowest BCUT2D eigenvalue weighted by Crippen LogP contribution is -2.20. The van der Waals surface area contributed by atoms with Crippen molar-refractivity contribution >= 4 is 28.4 Å². The summed E-state index contributed by atoms with van der Waals surface area (Å²) in [6.45, 7) is 9.35. The Morgan fingerprint density at radius 1 is 0.967 bits per heavy atom. The van der Waals surface area contributed by atoms with Gasteiger partial charge in [-0.05, 0) is 64.8 Å². The Hall–Kier alpha value is -3.14. The van der Waals surface area contributed by atoms with Gasteiger partial charge in [0.05, 0.1) is 5.52 Å². The molecule has 4 heteroatoms. The predicted molar refractivity (Wildman–Crippen MR) is 130 cm³/mol. The molecule has 1 N–H and O–H groups in total. The average molecular weight is 401 g/mol. The van der Waals surface area contributed by atoms with Gasteiger partial charge in [0, 0.05) is 24.7 Å². The van der Waals surface area contributed by atoms with Gasteiger partial charge in [-0.25, -0.2) is 4.98 Å². The van der Waals surface area contributed by atoms with E-state index < -0.39 is 0 Å². The van der Waals surface area contributed by atoms with Crippen molar-refractivity contribution in [1.82, 2.24) is 9.97 Å². The molecule has 0 aliphatic heterocycles. The molecule has 1 heterocycles.